The summed E-state index contributed by atoms with van der Waals surface area (Å²) in [6, 6.07) is 2.00. The number of thioether (sulfide) groups is 1. The van der Waals surface area contributed by atoms with Crippen molar-refractivity contribution in [3.8, 4) is 0 Å². The van der Waals surface area contributed by atoms with Gasteiger partial charge in [-0.05, 0) is 31.7 Å². The van der Waals surface area contributed by atoms with Crippen molar-refractivity contribution in [2.75, 3.05) is 12.9 Å². The Morgan fingerprint density at radius 2 is 2.13 bits per heavy atom. The molecule has 128 valence electrons. The van der Waals surface area contributed by atoms with E-state index in [2.05, 4.69) is 12.2 Å². The van der Waals surface area contributed by atoms with Crippen molar-refractivity contribution in [3.63, 3.8) is 0 Å². The number of esters is 1. The summed E-state index contributed by atoms with van der Waals surface area (Å²) >= 11 is 1.49. The summed E-state index contributed by atoms with van der Waals surface area (Å²) in [7, 11) is 1.35. The van der Waals surface area contributed by atoms with Gasteiger partial charge >= 0.3 is 5.97 Å². The van der Waals surface area contributed by atoms with E-state index >= 15 is 0 Å². The van der Waals surface area contributed by atoms with Gasteiger partial charge in [0.15, 0.2) is 0 Å². The molecule has 0 unspecified atom stereocenters. The van der Waals surface area contributed by atoms with Crippen LogP contribution in [-0.4, -0.2) is 30.8 Å². The quantitative estimate of drug-likeness (QED) is 0.805. The van der Waals surface area contributed by atoms with Gasteiger partial charge in [-0.25, -0.2) is 4.79 Å². The van der Waals surface area contributed by atoms with Crippen LogP contribution in [0, 0.1) is 12.8 Å². The van der Waals surface area contributed by atoms with E-state index in [1.54, 1.807) is 13.0 Å². The summed E-state index contributed by atoms with van der Waals surface area (Å²) < 4.78 is 10.2. The zero-order valence-corrected chi connectivity index (χ0v) is 14.8. The van der Waals surface area contributed by atoms with E-state index in [-0.39, 0.29) is 5.91 Å². The molecular formula is C17H25NO4S. The number of nitrogens with one attached hydrogen (secondary N) is 1. The van der Waals surface area contributed by atoms with Crippen LogP contribution in [-0.2, 0) is 15.3 Å². The molecule has 1 N–H and O–H groups in total. The third-order valence-electron chi connectivity index (χ3n) is 4.31. The zero-order chi connectivity index (χ0) is 16.8. The molecule has 0 saturated heterocycles. The van der Waals surface area contributed by atoms with Crippen molar-refractivity contribution < 1.29 is 18.7 Å². The lowest BCUT2D eigenvalue weighted by Crippen LogP contribution is -2.41. The smallest absolute Gasteiger partial charge is 0.341 e. The first-order valence-corrected chi connectivity index (χ1v) is 9.21. The first-order valence-electron chi connectivity index (χ1n) is 8.06. The average molecular weight is 339 g/mol. The van der Waals surface area contributed by atoms with E-state index in [1.807, 2.05) is 0 Å². The summed E-state index contributed by atoms with van der Waals surface area (Å²) in [6.07, 6.45) is 4.74. The van der Waals surface area contributed by atoms with Crippen LogP contribution in [0.1, 0.15) is 54.5 Å². The summed E-state index contributed by atoms with van der Waals surface area (Å²) in [5, 5.41) is 3.13. The molecule has 1 heterocycles. The van der Waals surface area contributed by atoms with Gasteiger partial charge in [0.1, 0.15) is 17.1 Å². The highest BCUT2D eigenvalue weighted by atomic mass is 32.2. The van der Waals surface area contributed by atoms with Crippen molar-refractivity contribution in [3.05, 3.63) is 23.2 Å². The highest BCUT2D eigenvalue weighted by Crippen LogP contribution is 2.24. The highest BCUT2D eigenvalue weighted by molar-refractivity contribution is 7.99. The molecule has 0 aliphatic heterocycles. The van der Waals surface area contributed by atoms with Gasteiger partial charge < -0.3 is 14.5 Å². The number of hydrogen-bond acceptors (Lipinski definition) is 5. The number of aryl methyl sites for hydroxylation is 1. The molecule has 23 heavy (non-hydrogen) atoms. The fourth-order valence-corrected chi connectivity index (χ4v) is 3.67. The van der Waals surface area contributed by atoms with Crippen LogP contribution in [0.5, 0.6) is 0 Å². The molecule has 1 aromatic heterocycles. The van der Waals surface area contributed by atoms with Crippen LogP contribution in [0.3, 0.4) is 0 Å². The monoisotopic (exact) mass is 339 g/mol. The first kappa shape index (κ1) is 17.9. The molecule has 1 amide bonds. The molecule has 1 saturated carbocycles. The van der Waals surface area contributed by atoms with Crippen molar-refractivity contribution >= 4 is 23.6 Å². The van der Waals surface area contributed by atoms with Gasteiger partial charge in [0.05, 0.1) is 18.6 Å². The van der Waals surface area contributed by atoms with Gasteiger partial charge in [0.2, 0.25) is 5.91 Å². The largest absolute Gasteiger partial charge is 0.465 e. The second-order valence-corrected chi connectivity index (χ2v) is 7.09. The summed E-state index contributed by atoms with van der Waals surface area (Å²) in [5.41, 5.74) is 0.448. The maximum absolute atomic E-state index is 12.0. The molecular weight excluding hydrogens is 314 g/mol. The lowest BCUT2D eigenvalue weighted by molar-refractivity contribution is -0.119. The third-order valence-corrected chi connectivity index (χ3v) is 5.26. The second-order valence-electron chi connectivity index (χ2n) is 6.10. The van der Waals surface area contributed by atoms with E-state index in [0.29, 0.717) is 40.5 Å². The van der Waals surface area contributed by atoms with Gasteiger partial charge in [-0.3, -0.25) is 4.79 Å². The SMILES string of the molecule is COC(=O)c1cc(CSCC(=O)N[C@H]2CCCC[C@H]2C)oc1C. The summed E-state index contributed by atoms with van der Waals surface area (Å²) in [6.45, 7) is 3.94. The second kappa shape index (κ2) is 8.43. The van der Waals surface area contributed by atoms with E-state index in [1.165, 1.54) is 38.1 Å². The Bertz CT molecular complexity index is 555. The molecule has 1 aliphatic rings. The Hall–Kier alpha value is -1.43. The zero-order valence-electron chi connectivity index (χ0n) is 14.0. The van der Waals surface area contributed by atoms with Crippen LogP contribution < -0.4 is 5.32 Å². The molecule has 1 fully saturated rings. The Morgan fingerprint density at radius 1 is 1.39 bits per heavy atom. The summed E-state index contributed by atoms with van der Waals surface area (Å²) in [4.78, 5) is 23.6. The molecule has 0 spiro atoms. The molecule has 5 nitrogen and oxygen atoms in total. The predicted octanol–water partition coefficient (Wildman–Crippen LogP) is 3.30. The molecule has 1 aromatic rings. The number of amides is 1. The number of methoxy groups -OCH3 is 1. The molecule has 0 radical (unpaired) electrons. The van der Waals surface area contributed by atoms with Crippen molar-refractivity contribution in [2.45, 2.75) is 51.3 Å². The minimum Gasteiger partial charge on any atom is -0.465 e. The van der Waals surface area contributed by atoms with Crippen LogP contribution in [0.2, 0.25) is 0 Å². The van der Waals surface area contributed by atoms with E-state index < -0.39 is 5.97 Å². The highest BCUT2D eigenvalue weighted by Gasteiger charge is 2.22. The van der Waals surface area contributed by atoms with Crippen molar-refractivity contribution in [2.24, 2.45) is 5.92 Å². The lowest BCUT2D eigenvalue weighted by Gasteiger charge is -2.29. The van der Waals surface area contributed by atoms with Gasteiger partial charge in [-0.2, -0.15) is 0 Å². The molecule has 1 aliphatic carbocycles. The maximum Gasteiger partial charge on any atom is 0.341 e. The first-order chi connectivity index (χ1) is 11.0. The normalized spacial score (nSPS) is 21.0. The molecule has 2 atom stereocenters. The Morgan fingerprint density at radius 3 is 2.83 bits per heavy atom. The number of furan rings is 1. The minimum atomic E-state index is -0.397. The number of rotatable bonds is 6. The minimum absolute atomic E-state index is 0.0743. The van der Waals surface area contributed by atoms with Gasteiger partial charge in [-0.15, -0.1) is 11.8 Å². The third kappa shape index (κ3) is 5.03. The van der Waals surface area contributed by atoms with Crippen LogP contribution in [0.4, 0.5) is 0 Å². The number of carbonyl (C=O) groups excluding carboxylic acids is 2. The van der Waals surface area contributed by atoms with Gasteiger partial charge in [0, 0.05) is 6.04 Å². The number of hydrogen-bond donors (Lipinski definition) is 1. The van der Waals surface area contributed by atoms with E-state index in [9.17, 15) is 9.59 Å². The molecule has 2 rings (SSSR count). The van der Waals surface area contributed by atoms with Gasteiger partial charge in [0.25, 0.3) is 0 Å². The molecule has 0 bridgehead atoms. The number of ether oxygens (including phenoxy) is 1. The van der Waals surface area contributed by atoms with Crippen LogP contribution >= 0.6 is 11.8 Å². The Kier molecular flexibility index (Phi) is 6.57. The molecule has 0 aromatic carbocycles. The van der Waals surface area contributed by atoms with Crippen molar-refractivity contribution in [1.29, 1.82) is 0 Å². The lowest BCUT2D eigenvalue weighted by atomic mass is 9.86. The van der Waals surface area contributed by atoms with Gasteiger partial charge in [-0.1, -0.05) is 19.8 Å². The topological polar surface area (TPSA) is 68.5 Å². The fraction of sp³-hybridized carbons (Fsp3) is 0.647. The van der Waals surface area contributed by atoms with Crippen LogP contribution in [0.15, 0.2) is 10.5 Å². The number of carbonyl (C=O) groups is 2. The Labute approximate surface area is 141 Å². The fourth-order valence-electron chi connectivity index (χ4n) is 2.95. The van der Waals surface area contributed by atoms with E-state index in [0.717, 1.165) is 6.42 Å². The predicted molar refractivity (Wildman–Crippen MR) is 90.5 cm³/mol. The Balaban J connectivity index is 1.76. The van der Waals surface area contributed by atoms with Crippen molar-refractivity contribution in [1.82, 2.24) is 5.32 Å². The van der Waals surface area contributed by atoms with E-state index in [4.69, 9.17) is 9.15 Å². The molecule has 6 heteroatoms. The standard InChI is InChI=1S/C17H25NO4S/c1-11-6-4-5-7-15(11)18-16(19)10-23-9-13-8-14(12(2)22-13)17(20)21-3/h8,11,15H,4-7,9-10H2,1-3H3,(H,18,19)/t11-,15+/m1/s1. The summed E-state index contributed by atoms with van der Waals surface area (Å²) in [5.74, 6) is 2.44. The maximum atomic E-state index is 12.0. The van der Waals surface area contributed by atoms with Crippen LogP contribution in [0.25, 0.3) is 0 Å². The average Bonchev–Trinajstić information content (AvgIpc) is 2.89.